The molecule has 0 aliphatic heterocycles. The molecule has 0 bridgehead atoms. The van der Waals surface area contributed by atoms with Crippen LogP contribution in [0.1, 0.15) is 39.0 Å². The summed E-state index contributed by atoms with van der Waals surface area (Å²) in [5.41, 5.74) is 0. The summed E-state index contributed by atoms with van der Waals surface area (Å²) in [4.78, 5) is 0. The van der Waals surface area contributed by atoms with Gasteiger partial charge in [-0.1, -0.05) is 67.4 Å². The zero-order valence-electron chi connectivity index (χ0n) is 7.69. The predicted octanol–water partition coefficient (Wildman–Crippen LogP) is 4.47. The SMILES string of the molecule is CCCCCCC(C#N)C(Cl)(Cl)Cl. The summed E-state index contributed by atoms with van der Waals surface area (Å²) in [5.74, 6) is -0.477. The van der Waals surface area contributed by atoms with Gasteiger partial charge in [0.05, 0.1) is 12.0 Å². The van der Waals surface area contributed by atoms with Crippen molar-refractivity contribution in [2.45, 2.75) is 42.8 Å². The Morgan fingerprint density at radius 1 is 1.23 bits per heavy atom. The molecule has 0 amide bonds. The molecule has 0 saturated heterocycles. The van der Waals surface area contributed by atoms with E-state index in [2.05, 4.69) is 6.92 Å². The first kappa shape index (κ1) is 13.4. The molecule has 0 aromatic heterocycles. The highest BCUT2D eigenvalue weighted by atomic mass is 35.6. The maximum absolute atomic E-state index is 8.71. The Morgan fingerprint density at radius 2 is 1.85 bits per heavy atom. The average molecular weight is 243 g/mol. The van der Waals surface area contributed by atoms with Gasteiger partial charge in [0, 0.05) is 0 Å². The Morgan fingerprint density at radius 3 is 2.23 bits per heavy atom. The van der Waals surface area contributed by atoms with E-state index in [9.17, 15) is 0 Å². The maximum Gasteiger partial charge on any atom is 0.206 e. The van der Waals surface area contributed by atoms with Crippen molar-refractivity contribution in [2.75, 3.05) is 0 Å². The molecule has 76 valence electrons. The van der Waals surface area contributed by atoms with Crippen molar-refractivity contribution in [3.8, 4) is 6.07 Å². The van der Waals surface area contributed by atoms with Crippen LogP contribution < -0.4 is 0 Å². The highest BCUT2D eigenvalue weighted by molar-refractivity contribution is 6.67. The van der Waals surface area contributed by atoms with Gasteiger partial charge in [-0.05, 0) is 6.42 Å². The Balaban J connectivity index is 3.69. The summed E-state index contributed by atoms with van der Waals surface area (Å²) in [5, 5.41) is 8.71. The topological polar surface area (TPSA) is 23.8 Å². The normalized spacial score (nSPS) is 13.8. The third kappa shape index (κ3) is 6.43. The van der Waals surface area contributed by atoms with Gasteiger partial charge < -0.3 is 0 Å². The summed E-state index contributed by atoms with van der Waals surface area (Å²) >= 11 is 16.9. The molecule has 0 saturated carbocycles. The van der Waals surface area contributed by atoms with Crippen LogP contribution >= 0.6 is 34.8 Å². The van der Waals surface area contributed by atoms with Gasteiger partial charge in [-0.2, -0.15) is 5.26 Å². The second kappa shape index (κ2) is 6.76. The lowest BCUT2D eigenvalue weighted by Crippen LogP contribution is -2.17. The molecular formula is C9H14Cl3N. The lowest BCUT2D eigenvalue weighted by Gasteiger charge is -2.16. The van der Waals surface area contributed by atoms with E-state index in [-0.39, 0.29) is 0 Å². The molecule has 1 unspecified atom stereocenters. The third-order valence-corrected chi connectivity index (χ3v) is 2.69. The van der Waals surface area contributed by atoms with Crippen molar-refractivity contribution in [3.05, 3.63) is 0 Å². The molecule has 0 fully saturated rings. The van der Waals surface area contributed by atoms with E-state index in [4.69, 9.17) is 40.1 Å². The van der Waals surface area contributed by atoms with E-state index in [0.29, 0.717) is 6.42 Å². The first-order chi connectivity index (χ1) is 6.02. The third-order valence-electron chi connectivity index (χ3n) is 1.90. The van der Waals surface area contributed by atoms with Gasteiger partial charge in [-0.3, -0.25) is 0 Å². The minimum Gasteiger partial charge on any atom is -0.198 e. The standard InChI is InChI=1S/C9H14Cl3N/c1-2-3-4-5-6-8(7-13)9(10,11)12/h8H,2-6H2,1H3. The Bertz CT molecular complexity index is 169. The van der Waals surface area contributed by atoms with Crippen LogP contribution in [0.15, 0.2) is 0 Å². The molecule has 1 nitrogen and oxygen atoms in total. The molecule has 0 heterocycles. The summed E-state index contributed by atoms with van der Waals surface area (Å²) in [6, 6.07) is 2.02. The number of nitrogens with zero attached hydrogens (tertiary/aromatic N) is 1. The highest BCUT2D eigenvalue weighted by Crippen LogP contribution is 2.37. The van der Waals surface area contributed by atoms with E-state index in [1.165, 1.54) is 12.8 Å². The second-order valence-corrected chi connectivity index (χ2v) is 5.44. The second-order valence-electron chi connectivity index (χ2n) is 3.07. The molecule has 0 N–H and O–H groups in total. The smallest absolute Gasteiger partial charge is 0.198 e. The van der Waals surface area contributed by atoms with Gasteiger partial charge in [0.2, 0.25) is 3.79 Å². The molecule has 0 aromatic rings. The van der Waals surface area contributed by atoms with Crippen LogP contribution in [0.25, 0.3) is 0 Å². The molecule has 13 heavy (non-hydrogen) atoms. The fraction of sp³-hybridized carbons (Fsp3) is 0.889. The number of hydrogen-bond acceptors (Lipinski definition) is 1. The van der Waals surface area contributed by atoms with Gasteiger partial charge in [0.1, 0.15) is 0 Å². The molecule has 0 aliphatic rings. The van der Waals surface area contributed by atoms with E-state index in [1.54, 1.807) is 0 Å². The fourth-order valence-corrected chi connectivity index (χ4v) is 1.55. The van der Waals surface area contributed by atoms with Crippen molar-refractivity contribution in [2.24, 2.45) is 5.92 Å². The van der Waals surface area contributed by atoms with Crippen LogP contribution in [0.5, 0.6) is 0 Å². The molecule has 1 atom stereocenters. The molecule has 0 aliphatic carbocycles. The molecule has 0 rings (SSSR count). The van der Waals surface area contributed by atoms with E-state index < -0.39 is 9.71 Å². The largest absolute Gasteiger partial charge is 0.206 e. The van der Waals surface area contributed by atoms with Crippen molar-refractivity contribution >= 4 is 34.8 Å². The first-order valence-electron chi connectivity index (χ1n) is 4.48. The number of nitriles is 1. The van der Waals surface area contributed by atoms with Gasteiger partial charge in [0.15, 0.2) is 0 Å². The fourth-order valence-electron chi connectivity index (χ4n) is 1.08. The predicted molar refractivity (Wildman–Crippen MR) is 58.2 cm³/mol. The van der Waals surface area contributed by atoms with Crippen LogP contribution in [-0.2, 0) is 0 Å². The molecule has 0 aromatic carbocycles. The van der Waals surface area contributed by atoms with Crippen molar-refractivity contribution in [3.63, 3.8) is 0 Å². The van der Waals surface area contributed by atoms with E-state index >= 15 is 0 Å². The van der Waals surface area contributed by atoms with Gasteiger partial charge >= 0.3 is 0 Å². The quantitative estimate of drug-likeness (QED) is 0.515. The van der Waals surface area contributed by atoms with Gasteiger partial charge in [0.25, 0.3) is 0 Å². The Labute approximate surface area is 95.0 Å². The summed E-state index contributed by atoms with van der Waals surface area (Å²) in [7, 11) is 0. The number of halogens is 3. The number of unbranched alkanes of at least 4 members (excludes halogenated alkanes) is 3. The maximum atomic E-state index is 8.71. The first-order valence-corrected chi connectivity index (χ1v) is 5.62. The molecular weight excluding hydrogens is 228 g/mol. The Hall–Kier alpha value is 0.360. The van der Waals surface area contributed by atoms with Crippen LogP contribution in [-0.4, -0.2) is 3.79 Å². The molecule has 0 radical (unpaired) electrons. The van der Waals surface area contributed by atoms with Crippen molar-refractivity contribution < 1.29 is 0 Å². The zero-order chi connectivity index (χ0) is 10.3. The molecule has 0 spiro atoms. The minimum absolute atomic E-state index is 0.477. The van der Waals surface area contributed by atoms with Crippen LogP contribution in [0.2, 0.25) is 0 Å². The van der Waals surface area contributed by atoms with Crippen LogP contribution in [0, 0.1) is 17.2 Å². The number of hydrogen-bond donors (Lipinski definition) is 0. The average Bonchev–Trinajstić information content (AvgIpc) is 2.02. The van der Waals surface area contributed by atoms with E-state index in [0.717, 1.165) is 12.8 Å². The van der Waals surface area contributed by atoms with Gasteiger partial charge in [-0.15, -0.1) is 0 Å². The lowest BCUT2D eigenvalue weighted by molar-refractivity contribution is 0.544. The monoisotopic (exact) mass is 241 g/mol. The Kier molecular flexibility index (Phi) is 6.95. The van der Waals surface area contributed by atoms with Crippen LogP contribution in [0.3, 0.4) is 0 Å². The van der Waals surface area contributed by atoms with Crippen molar-refractivity contribution in [1.29, 1.82) is 5.26 Å². The number of alkyl halides is 3. The minimum atomic E-state index is -1.43. The zero-order valence-corrected chi connectivity index (χ0v) is 9.96. The lowest BCUT2D eigenvalue weighted by atomic mass is 10.0. The van der Waals surface area contributed by atoms with Gasteiger partial charge in [-0.25, -0.2) is 0 Å². The van der Waals surface area contributed by atoms with Crippen LogP contribution in [0.4, 0.5) is 0 Å². The van der Waals surface area contributed by atoms with Crippen molar-refractivity contribution in [1.82, 2.24) is 0 Å². The highest BCUT2D eigenvalue weighted by Gasteiger charge is 2.31. The van der Waals surface area contributed by atoms with E-state index in [1.807, 2.05) is 6.07 Å². The molecule has 4 heteroatoms. The summed E-state index contributed by atoms with van der Waals surface area (Å²) < 4.78 is -1.43. The summed E-state index contributed by atoms with van der Waals surface area (Å²) in [6.07, 6.45) is 5.09. The number of rotatable bonds is 5. The summed E-state index contributed by atoms with van der Waals surface area (Å²) in [6.45, 7) is 2.14.